The highest BCUT2D eigenvalue weighted by Crippen LogP contribution is 2.39. The Hall–Kier alpha value is -1.50. The predicted molar refractivity (Wildman–Crippen MR) is 71.9 cm³/mol. The van der Waals surface area contributed by atoms with Crippen LogP contribution in [0.4, 0.5) is 0 Å². The first kappa shape index (κ1) is 10.6. The molecule has 0 aliphatic heterocycles. The molecule has 0 spiro atoms. The van der Waals surface area contributed by atoms with E-state index in [4.69, 9.17) is 4.74 Å². The summed E-state index contributed by atoms with van der Waals surface area (Å²) in [7, 11) is 1.80. The standard InChI is InChI=1S/C16H18O/c1-11-12-7-3-4-8-13(12)14-9-5-6-10-15(14)16(11)17-2/h3-4,7-8H,5-6,9-10H2,1-2H3. The van der Waals surface area contributed by atoms with Crippen LogP contribution in [0.15, 0.2) is 24.3 Å². The number of hydrogen-bond donors (Lipinski definition) is 0. The molecule has 2 aromatic carbocycles. The van der Waals surface area contributed by atoms with Crippen LogP contribution in [0.2, 0.25) is 0 Å². The maximum absolute atomic E-state index is 5.65. The normalized spacial score (nSPS) is 14.7. The van der Waals surface area contributed by atoms with E-state index in [1.54, 1.807) is 7.11 Å². The molecule has 1 aliphatic carbocycles. The van der Waals surface area contributed by atoms with Gasteiger partial charge in [-0.15, -0.1) is 0 Å². The van der Waals surface area contributed by atoms with Gasteiger partial charge in [0.15, 0.2) is 0 Å². The Bertz CT molecular complexity index is 569. The highest BCUT2D eigenvalue weighted by Gasteiger charge is 2.19. The highest BCUT2D eigenvalue weighted by molar-refractivity contribution is 5.92. The van der Waals surface area contributed by atoms with E-state index < -0.39 is 0 Å². The maximum atomic E-state index is 5.65. The molecule has 0 saturated heterocycles. The van der Waals surface area contributed by atoms with E-state index in [0.717, 1.165) is 5.75 Å². The van der Waals surface area contributed by atoms with Gasteiger partial charge in [0, 0.05) is 0 Å². The summed E-state index contributed by atoms with van der Waals surface area (Å²) in [5.74, 6) is 1.12. The monoisotopic (exact) mass is 226 g/mol. The van der Waals surface area contributed by atoms with Gasteiger partial charge >= 0.3 is 0 Å². The lowest BCUT2D eigenvalue weighted by Crippen LogP contribution is -2.07. The Labute approximate surface area is 102 Å². The number of rotatable bonds is 1. The Morgan fingerprint density at radius 1 is 0.941 bits per heavy atom. The second-order valence-electron chi connectivity index (χ2n) is 4.87. The number of benzene rings is 2. The molecule has 17 heavy (non-hydrogen) atoms. The van der Waals surface area contributed by atoms with Crippen molar-refractivity contribution in [3.63, 3.8) is 0 Å². The van der Waals surface area contributed by atoms with E-state index in [1.807, 2.05) is 0 Å². The van der Waals surface area contributed by atoms with Crippen molar-refractivity contribution in [3.8, 4) is 5.75 Å². The van der Waals surface area contributed by atoms with Gasteiger partial charge in [0.1, 0.15) is 5.75 Å². The average Bonchev–Trinajstić information content (AvgIpc) is 2.40. The zero-order chi connectivity index (χ0) is 11.8. The van der Waals surface area contributed by atoms with Crippen molar-refractivity contribution in [3.05, 3.63) is 41.0 Å². The summed E-state index contributed by atoms with van der Waals surface area (Å²) in [5.41, 5.74) is 4.27. The van der Waals surface area contributed by atoms with Crippen molar-refractivity contribution in [2.24, 2.45) is 0 Å². The summed E-state index contributed by atoms with van der Waals surface area (Å²) in [6.07, 6.45) is 4.97. The quantitative estimate of drug-likeness (QED) is 0.713. The smallest absolute Gasteiger partial charge is 0.125 e. The van der Waals surface area contributed by atoms with Gasteiger partial charge in [-0.2, -0.15) is 0 Å². The van der Waals surface area contributed by atoms with Crippen molar-refractivity contribution in [1.82, 2.24) is 0 Å². The van der Waals surface area contributed by atoms with Crippen LogP contribution >= 0.6 is 0 Å². The number of fused-ring (bicyclic) bond motifs is 3. The first-order chi connectivity index (χ1) is 8.33. The molecule has 0 atom stereocenters. The van der Waals surface area contributed by atoms with Crippen LogP contribution < -0.4 is 4.74 Å². The molecule has 0 unspecified atom stereocenters. The van der Waals surface area contributed by atoms with Gasteiger partial charge in [-0.3, -0.25) is 0 Å². The number of ether oxygens (including phenoxy) is 1. The fraction of sp³-hybridized carbons (Fsp3) is 0.375. The van der Waals surface area contributed by atoms with E-state index in [2.05, 4.69) is 31.2 Å². The van der Waals surface area contributed by atoms with Crippen LogP contribution in [-0.2, 0) is 12.8 Å². The Kier molecular flexibility index (Phi) is 2.54. The molecule has 0 N–H and O–H groups in total. The topological polar surface area (TPSA) is 9.23 Å². The fourth-order valence-electron chi connectivity index (χ4n) is 3.15. The molecule has 0 heterocycles. The molecule has 0 amide bonds. The van der Waals surface area contributed by atoms with E-state index in [0.29, 0.717) is 0 Å². The molecule has 3 rings (SSSR count). The first-order valence-electron chi connectivity index (χ1n) is 6.40. The minimum atomic E-state index is 1.12. The van der Waals surface area contributed by atoms with Crippen molar-refractivity contribution in [2.75, 3.05) is 7.11 Å². The molecular weight excluding hydrogens is 208 g/mol. The van der Waals surface area contributed by atoms with Gasteiger partial charge in [0.05, 0.1) is 7.11 Å². The summed E-state index contributed by atoms with van der Waals surface area (Å²) in [6.45, 7) is 2.18. The average molecular weight is 226 g/mol. The number of hydrogen-bond acceptors (Lipinski definition) is 1. The van der Waals surface area contributed by atoms with Gasteiger partial charge in [0.2, 0.25) is 0 Å². The van der Waals surface area contributed by atoms with Gasteiger partial charge in [-0.05, 0) is 60.1 Å². The minimum absolute atomic E-state index is 1.12. The largest absolute Gasteiger partial charge is 0.496 e. The summed E-state index contributed by atoms with van der Waals surface area (Å²) in [5, 5.41) is 2.78. The zero-order valence-corrected chi connectivity index (χ0v) is 10.5. The van der Waals surface area contributed by atoms with Crippen molar-refractivity contribution >= 4 is 10.8 Å². The van der Waals surface area contributed by atoms with Crippen molar-refractivity contribution < 1.29 is 4.74 Å². The van der Waals surface area contributed by atoms with Crippen LogP contribution in [0.1, 0.15) is 29.5 Å². The van der Waals surface area contributed by atoms with Crippen LogP contribution in [0.3, 0.4) is 0 Å². The third kappa shape index (κ3) is 1.53. The van der Waals surface area contributed by atoms with E-state index in [1.165, 1.54) is 53.1 Å². The van der Waals surface area contributed by atoms with Gasteiger partial charge in [-0.1, -0.05) is 24.3 Å². The van der Waals surface area contributed by atoms with Gasteiger partial charge < -0.3 is 4.74 Å². The van der Waals surface area contributed by atoms with Crippen LogP contribution in [0.5, 0.6) is 5.75 Å². The summed E-state index contributed by atoms with van der Waals surface area (Å²) in [4.78, 5) is 0. The molecule has 1 nitrogen and oxygen atoms in total. The first-order valence-corrected chi connectivity index (χ1v) is 6.40. The zero-order valence-electron chi connectivity index (χ0n) is 10.5. The molecular formula is C16H18O. The predicted octanol–water partition coefficient (Wildman–Crippen LogP) is 4.04. The molecule has 2 aromatic rings. The summed E-state index contributed by atoms with van der Waals surface area (Å²) in [6, 6.07) is 8.72. The Morgan fingerprint density at radius 3 is 2.29 bits per heavy atom. The van der Waals surface area contributed by atoms with Gasteiger partial charge in [0.25, 0.3) is 0 Å². The third-order valence-electron chi connectivity index (χ3n) is 3.94. The molecule has 1 aliphatic rings. The lowest BCUT2D eigenvalue weighted by Gasteiger charge is -2.23. The second-order valence-corrected chi connectivity index (χ2v) is 4.87. The van der Waals surface area contributed by atoms with E-state index >= 15 is 0 Å². The van der Waals surface area contributed by atoms with Gasteiger partial charge in [-0.25, -0.2) is 0 Å². The number of aryl methyl sites for hydroxylation is 2. The van der Waals surface area contributed by atoms with E-state index in [9.17, 15) is 0 Å². The van der Waals surface area contributed by atoms with E-state index in [-0.39, 0.29) is 0 Å². The maximum Gasteiger partial charge on any atom is 0.125 e. The third-order valence-corrected chi connectivity index (χ3v) is 3.94. The Balaban J connectivity index is 2.43. The SMILES string of the molecule is COc1c2c(c3ccccc3c1C)CCCC2. The molecule has 0 radical (unpaired) electrons. The van der Waals surface area contributed by atoms with Crippen molar-refractivity contribution in [2.45, 2.75) is 32.6 Å². The molecule has 0 fully saturated rings. The molecule has 0 aromatic heterocycles. The summed E-state index contributed by atoms with van der Waals surface area (Å²) >= 11 is 0. The fourth-order valence-corrected chi connectivity index (χ4v) is 3.15. The summed E-state index contributed by atoms with van der Waals surface area (Å²) < 4.78 is 5.65. The molecule has 0 saturated carbocycles. The van der Waals surface area contributed by atoms with Crippen LogP contribution in [0, 0.1) is 6.92 Å². The van der Waals surface area contributed by atoms with Crippen LogP contribution in [0.25, 0.3) is 10.8 Å². The lowest BCUT2D eigenvalue weighted by molar-refractivity contribution is 0.404. The Morgan fingerprint density at radius 2 is 1.59 bits per heavy atom. The minimum Gasteiger partial charge on any atom is -0.496 e. The highest BCUT2D eigenvalue weighted by atomic mass is 16.5. The second kappa shape index (κ2) is 4.06. The molecule has 1 heteroatoms. The van der Waals surface area contributed by atoms with Crippen molar-refractivity contribution in [1.29, 1.82) is 0 Å². The lowest BCUT2D eigenvalue weighted by atomic mass is 9.85. The number of methoxy groups -OCH3 is 1. The molecule has 88 valence electrons. The molecule has 0 bridgehead atoms. The van der Waals surface area contributed by atoms with Crippen LogP contribution in [-0.4, -0.2) is 7.11 Å².